The number of hydrogen-bond donors (Lipinski definition) is 1. The Hall–Kier alpha value is -3.30. The van der Waals surface area contributed by atoms with E-state index >= 15 is 0 Å². The van der Waals surface area contributed by atoms with Crippen molar-refractivity contribution in [3.05, 3.63) is 65.7 Å². The van der Waals surface area contributed by atoms with Crippen molar-refractivity contribution in [1.82, 2.24) is 30.5 Å². The van der Waals surface area contributed by atoms with Gasteiger partial charge in [0.05, 0.1) is 12.1 Å². The highest BCUT2D eigenvalue weighted by Crippen LogP contribution is 2.32. The lowest BCUT2D eigenvalue weighted by Gasteiger charge is -2.21. The average molecular weight is 376 g/mol. The first-order valence-corrected chi connectivity index (χ1v) is 7.95. The van der Waals surface area contributed by atoms with Crippen LogP contribution in [0.2, 0.25) is 0 Å². The molecule has 0 spiro atoms. The Bertz CT molecular complexity index is 908. The normalized spacial score (nSPS) is 12.6. The highest BCUT2D eigenvalue weighted by Gasteiger charge is 2.41. The topological polar surface area (TPSA) is 85.6 Å². The molecule has 0 aliphatic carbocycles. The number of aryl methyl sites for hydroxylation is 1. The number of alkyl halides is 3. The lowest BCUT2D eigenvalue weighted by molar-refractivity contribution is -0.163. The number of nitrogens with zero attached hydrogens (tertiary/aromatic N) is 5. The first-order chi connectivity index (χ1) is 12.8. The van der Waals surface area contributed by atoms with Crippen molar-refractivity contribution in [3.63, 3.8) is 0 Å². The summed E-state index contributed by atoms with van der Waals surface area (Å²) in [5, 5.41) is 13.2. The number of nitrogens with one attached hydrogen (secondary N) is 1. The predicted molar refractivity (Wildman–Crippen MR) is 88.8 cm³/mol. The quantitative estimate of drug-likeness (QED) is 0.739. The van der Waals surface area contributed by atoms with Crippen LogP contribution >= 0.6 is 0 Å². The molecule has 0 bridgehead atoms. The minimum atomic E-state index is -4.62. The molecule has 0 saturated carbocycles. The van der Waals surface area contributed by atoms with Crippen LogP contribution in [0.1, 0.15) is 23.0 Å². The zero-order chi connectivity index (χ0) is 19.4. The summed E-state index contributed by atoms with van der Waals surface area (Å²) < 4.78 is 41.4. The third-order valence-corrected chi connectivity index (χ3v) is 3.82. The van der Waals surface area contributed by atoms with E-state index in [0.717, 1.165) is 6.20 Å². The van der Waals surface area contributed by atoms with E-state index in [0.29, 0.717) is 17.1 Å². The molecule has 140 valence electrons. The third kappa shape index (κ3) is 4.46. The molecule has 2 heterocycles. The standard InChI is InChI=1S/C17H15F3N6O/c1-11-23-24-25-26(11)14-6-4-12(5-7-14)9-15(27)22-16(17(18,19)20)13-3-2-8-21-10-13/h2-8,10,16H,9H2,1H3,(H,22,27). The summed E-state index contributed by atoms with van der Waals surface area (Å²) in [4.78, 5) is 15.8. The Kier molecular flexibility index (Phi) is 5.15. The largest absolute Gasteiger partial charge is 0.412 e. The van der Waals surface area contributed by atoms with Crippen LogP contribution in [0.15, 0.2) is 48.8 Å². The Labute approximate surface area is 152 Å². The second kappa shape index (κ2) is 7.52. The summed E-state index contributed by atoms with van der Waals surface area (Å²) >= 11 is 0. The van der Waals surface area contributed by atoms with E-state index in [4.69, 9.17) is 0 Å². The fraction of sp³-hybridized carbons (Fsp3) is 0.235. The fourth-order valence-corrected chi connectivity index (χ4v) is 2.52. The predicted octanol–water partition coefficient (Wildman–Crippen LogP) is 2.33. The molecule has 0 saturated heterocycles. The van der Waals surface area contributed by atoms with Gasteiger partial charge in [0.1, 0.15) is 0 Å². The van der Waals surface area contributed by atoms with Gasteiger partial charge in [-0.3, -0.25) is 9.78 Å². The molecule has 7 nitrogen and oxygen atoms in total. The van der Waals surface area contributed by atoms with Gasteiger partial charge < -0.3 is 5.32 Å². The summed E-state index contributed by atoms with van der Waals surface area (Å²) in [5.74, 6) is -0.155. The molecule has 0 radical (unpaired) electrons. The van der Waals surface area contributed by atoms with Crippen molar-refractivity contribution in [3.8, 4) is 5.69 Å². The van der Waals surface area contributed by atoms with Crippen LogP contribution in [0, 0.1) is 6.92 Å². The molecular weight excluding hydrogens is 361 g/mol. The second-order valence-electron chi connectivity index (χ2n) is 5.81. The number of halogens is 3. The number of rotatable bonds is 5. The maximum absolute atomic E-state index is 13.3. The van der Waals surface area contributed by atoms with E-state index in [1.807, 2.05) is 5.32 Å². The summed E-state index contributed by atoms with van der Waals surface area (Å²) in [5.41, 5.74) is 1.13. The highest BCUT2D eigenvalue weighted by molar-refractivity contribution is 5.79. The Morgan fingerprint density at radius 1 is 1.22 bits per heavy atom. The molecule has 0 aliphatic heterocycles. The van der Waals surface area contributed by atoms with Crippen molar-refractivity contribution in [2.24, 2.45) is 0 Å². The molecule has 2 aromatic heterocycles. The van der Waals surface area contributed by atoms with Crippen LogP contribution in [0.5, 0.6) is 0 Å². The summed E-state index contributed by atoms with van der Waals surface area (Å²) in [7, 11) is 0. The first-order valence-electron chi connectivity index (χ1n) is 7.95. The molecule has 10 heteroatoms. The molecule has 0 fully saturated rings. The van der Waals surface area contributed by atoms with Crippen molar-refractivity contribution in [1.29, 1.82) is 0 Å². The number of amides is 1. The van der Waals surface area contributed by atoms with Crippen molar-refractivity contribution in [2.75, 3.05) is 0 Å². The second-order valence-corrected chi connectivity index (χ2v) is 5.81. The fourth-order valence-electron chi connectivity index (χ4n) is 2.52. The van der Waals surface area contributed by atoms with Crippen LogP contribution in [0.4, 0.5) is 13.2 Å². The van der Waals surface area contributed by atoms with Crippen LogP contribution in [0.25, 0.3) is 5.69 Å². The number of hydrogen-bond acceptors (Lipinski definition) is 5. The van der Waals surface area contributed by atoms with Gasteiger partial charge >= 0.3 is 6.18 Å². The molecule has 1 unspecified atom stereocenters. The van der Waals surface area contributed by atoms with Gasteiger partial charge in [-0.2, -0.15) is 17.9 Å². The van der Waals surface area contributed by atoms with E-state index < -0.39 is 18.1 Å². The van der Waals surface area contributed by atoms with E-state index in [1.54, 1.807) is 31.2 Å². The Balaban J connectivity index is 1.70. The molecule has 1 atom stereocenters. The zero-order valence-corrected chi connectivity index (χ0v) is 14.2. The van der Waals surface area contributed by atoms with E-state index in [2.05, 4.69) is 20.5 Å². The summed E-state index contributed by atoms with van der Waals surface area (Å²) in [6.45, 7) is 1.73. The molecule has 3 rings (SSSR count). The molecular formula is C17H15F3N6O. The number of carbonyl (C=O) groups excluding carboxylic acids is 1. The van der Waals surface area contributed by atoms with Gasteiger partial charge in [-0.15, -0.1) is 5.10 Å². The van der Waals surface area contributed by atoms with Gasteiger partial charge in [-0.05, 0) is 41.1 Å². The van der Waals surface area contributed by atoms with Crippen LogP contribution in [0.3, 0.4) is 0 Å². The van der Waals surface area contributed by atoms with E-state index in [-0.39, 0.29) is 12.0 Å². The molecule has 3 aromatic rings. The number of benzene rings is 1. The van der Waals surface area contributed by atoms with Gasteiger partial charge in [0.15, 0.2) is 11.9 Å². The van der Waals surface area contributed by atoms with Crippen LogP contribution < -0.4 is 5.32 Å². The molecule has 1 amide bonds. The highest BCUT2D eigenvalue weighted by atomic mass is 19.4. The summed E-state index contributed by atoms with van der Waals surface area (Å²) in [6, 6.07) is 7.21. The Morgan fingerprint density at radius 3 is 2.52 bits per heavy atom. The smallest absolute Gasteiger partial charge is 0.340 e. The minimum Gasteiger partial charge on any atom is -0.340 e. The van der Waals surface area contributed by atoms with Gasteiger partial charge in [-0.25, -0.2) is 0 Å². The monoisotopic (exact) mass is 376 g/mol. The van der Waals surface area contributed by atoms with Gasteiger partial charge in [0.2, 0.25) is 5.91 Å². The number of tetrazole rings is 1. The molecule has 1 aromatic carbocycles. The first kappa shape index (κ1) is 18.5. The Morgan fingerprint density at radius 2 is 1.96 bits per heavy atom. The van der Waals surface area contributed by atoms with Crippen LogP contribution in [-0.2, 0) is 11.2 Å². The van der Waals surface area contributed by atoms with E-state index in [1.165, 1.54) is 23.0 Å². The molecule has 0 aliphatic rings. The van der Waals surface area contributed by atoms with Crippen molar-refractivity contribution in [2.45, 2.75) is 25.6 Å². The van der Waals surface area contributed by atoms with Gasteiger partial charge in [0, 0.05) is 18.0 Å². The van der Waals surface area contributed by atoms with Crippen molar-refractivity contribution < 1.29 is 18.0 Å². The average Bonchev–Trinajstić information content (AvgIpc) is 3.06. The maximum atomic E-state index is 13.3. The molecule has 27 heavy (non-hydrogen) atoms. The molecule has 1 N–H and O–H groups in total. The SMILES string of the molecule is Cc1nnnn1-c1ccc(CC(=O)NC(c2cccnc2)C(F)(F)F)cc1. The number of carbonyl (C=O) groups is 1. The third-order valence-electron chi connectivity index (χ3n) is 3.82. The minimum absolute atomic E-state index is 0.122. The number of pyridine rings is 1. The lowest BCUT2D eigenvalue weighted by atomic mass is 10.1. The van der Waals surface area contributed by atoms with Gasteiger partial charge in [-0.1, -0.05) is 18.2 Å². The van der Waals surface area contributed by atoms with Gasteiger partial charge in [0.25, 0.3) is 0 Å². The van der Waals surface area contributed by atoms with E-state index in [9.17, 15) is 18.0 Å². The maximum Gasteiger partial charge on any atom is 0.412 e. The lowest BCUT2D eigenvalue weighted by Crippen LogP contribution is -2.38. The number of aromatic nitrogens is 5. The zero-order valence-electron chi connectivity index (χ0n) is 14.2. The van der Waals surface area contributed by atoms with Crippen LogP contribution in [-0.4, -0.2) is 37.3 Å². The van der Waals surface area contributed by atoms with Crippen molar-refractivity contribution >= 4 is 5.91 Å². The summed E-state index contributed by atoms with van der Waals surface area (Å²) in [6.07, 6.45) is -2.36.